The number of carbonyl (C=O) groups is 2. The van der Waals surface area contributed by atoms with Crippen molar-refractivity contribution in [3.05, 3.63) is 70.7 Å². The number of benzene rings is 2. The van der Waals surface area contributed by atoms with Crippen molar-refractivity contribution in [1.82, 2.24) is 5.32 Å². The largest absolute Gasteiger partial charge is 0.496 e. The molecule has 0 saturated carbocycles. The Hall–Kier alpha value is -3.10. The van der Waals surface area contributed by atoms with Gasteiger partial charge < -0.3 is 24.1 Å². The molecule has 33 heavy (non-hydrogen) atoms. The van der Waals surface area contributed by atoms with Gasteiger partial charge in [0.1, 0.15) is 18.6 Å². The van der Waals surface area contributed by atoms with Crippen LogP contribution in [0.2, 0.25) is 0 Å². The number of carbonyl (C=O) groups excluding carboxylic acids is 2. The molecule has 0 bridgehead atoms. The van der Waals surface area contributed by atoms with Gasteiger partial charge in [-0.1, -0.05) is 36.4 Å². The average Bonchev–Trinajstić information content (AvgIpc) is 3.02. The zero-order valence-corrected chi connectivity index (χ0v) is 19.7. The molecule has 3 rings (SSSR count). The van der Waals surface area contributed by atoms with Crippen LogP contribution in [0.5, 0.6) is 5.75 Å². The van der Waals surface area contributed by atoms with E-state index in [9.17, 15) is 9.59 Å². The predicted molar refractivity (Wildman–Crippen MR) is 127 cm³/mol. The summed E-state index contributed by atoms with van der Waals surface area (Å²) in [7, 11) is 0.856. The fourth-order valence-corrected chi connectivity index (χ4v) is 3.28. The van der Waals surface area contributed by atoms with Crippen molar-refractivity contribution in [3.8, 4) is 5.75 Å². The zero-order valence-electron chi connectivity index (χ0n) is 19.7. The molecule has 0 atom stereocenters. The van der Waals surface area contributed by atoms with E-state index in [0.717, 1.165) is 11.8 Å². The average molecular weight is 451 g/mol. The maximum absolute atomic E-state index is 12.4. The van der Waals surface area contributed by atoms with Gasteiger partial charge >= 0.3 is 13.2 Å². The van der Waals surface area contributed by atoms with Crippen molar-refractivity contribution in [2.24, 2.45) is 0 Å². The molecular weight excluding hydrogens is 421 g/mol. The van der Waals surface area contributed by atoms with E-state index in [1.807, 2.05) is 64.1 Å². The smallest absolute Gasteiger partial charge is 0.492 e. The molecule has 1 saturated heterocycles. The maximum Gasteiger partial charge on any atom is 0.492 e. The third-order valence-corrected chi connectivity index (χ3v) is 5.94. The molecular formula is C25H30BNO6. The minimum atomic E-state index is -0.700. The van der Waals surface area contributed by atoms with E-state index in [2.05, 4.69) is 5.32 Å². The quantitative estimate of drug-likeness (QED) is 0.472. The van der Waals surface area contributed by atoms with Gasteiger partial charge in [-0.3, -0.25) is 4.79 Å². The Kier molecular flexibility index (Phi) is 7.61. The second-order valence-electron chi connectivity index (χ2n) is 8.84. The van der Waals surface area contributed by atoms with Crippen LogP contribution in [0.3, 0.4) is 0 Å². The number of rotatable bonds is 8. The van der Waals surface area contributed by atoms with E-state index in [4.69, 9.17) is 18.8 Å². The van der Waals surface area contributed by atoms with Crippen LogP contribution >= 0.6 is 0 Å². The van der Waals surface area contributed by atoms with E-state index in [0.29, 0.717) is 22.3 Å². The molecule has 1 aliphatic rings. The molecule has 0 spiro atoms. The summed E-state index contributed by atoms with van der Waals surface area (Å²) < 4.78 is 23.2. The molecule has 0 unspecified atom stereocenters. The standard InChI is InChI=1S/C25H30BNO6/c1-24(2)25(3,4)33-26(32-24)21(14-20-13-19(16-28)11-12-22(20)30-5)15-27-23(29)31-17-18-9-7-6-8-10-18/h6-14,16H,15,17H2,1-5H3,(H,27,29). The van der Waals surface area contributed by atoms with E-state index < -0.39 is 24.4 Å². The Bertz CT molecular complexity index is 1000. The molecule has 8 heteroatoms. The predicted octanol–water partition coefficient (Wildman–Crippen LogP) is 4.45. The van der Waals surface area contributed by atoms with Gasteiger partial charge in [0.05, 0.1) is 18.3 Å². The number of nitrogens with one attached hydrogen (secondary N) is 1. The number of hydrogen-bond acceptors (Lipinski definition) is 6. The fourth-order valence-electron chi connectivity index (χ4n) is 3.28. The third kappa shape index (κ3) is 6.03. The van der Waals surface area contributed by atoms with Crippen LogP contribution in [0.25, 0.3) is 6.08 Å². The molecule has 1 amide bonds. The number of hydrogen-bond donors (Lipinski definition) is 1. The lowest BCUT2D eigenvalue weighted by Crippen LogP contribution is -2.41. The zero-order chi connectivity index (χ0) is 24.1. The second-order valence-corrected chi connectivity index (χ2v) is 8.84. The van der Waals surface area contributed by atoms with Crippen molar-refractivity contribution in [2.75, 3.05) is 13.7 Å². The van der Waals surface area contributed by atoms with Crippen LogP contribution in [0.4, 0.5) is 4.79 Å². The molecule has 0 radical (unpaired) electrons. The Balaban J connectivity index is 1.81. The molecule has 0 aliphatic carbocycles. The molecule has 7 nitrogen and oxygen atoms in total. The van der Waals surface area contributed by atoms with Gasteiger partial charge in [0.2, 0.25) is 0 Å². The highest BCUT2D eigenvalue weighted by molar-refractivity contribution is 6.56. The third-order valence-electron chi connectivity index (χ3n) is 5.94. The molecule has 174 valence electrons. The first-order valence-corrected chi connectivity index (χ1v) is 10.8. The molecule has 1 aliphatic heterocycles. The van der Waals surface area contributed by atoms with Crippen molar-refractivity contribution in [1.29, 1.82) is 0 Å². The van der Waals surface area contributed by atoms with E-state index >= 15 is 0 Å². The molecule has 2 aromatic carbocycles. The molecule has 1 fully saturated rings. The summed E-state index contributed by atoms with van der Waals surface area (Å²) in [6.45, 7) is 8.12. The van der Waals surface area contributed by atoms with Crippen LogP contribution in [-0.4, -0.2) is 44.4 Å². The highest BCUT2D eigenvalue weighted by atomic mass is 16.7. The van der Waals surface area contributed by atoms with Crippen LogP contribution in [0.1, 0.15) is 49.2 Å². The summed E-state index contributed by atoms with van der Waals surface area (Å²) in [5.74, 6) is 0.585. The highest BCUT2D eigenvalue weighted by Gasteiger charge is 2.52. The number of alkyl carbamates (subject to hydrolysis) is 1. The second kappa shape index (κ2) is 10.2. The molecule has 1 heterocycles. The van der Waals surface area contributed by atoms with Crippen LogP contribution in [-0.2, 0) is 20.7 Å². The van der Waals surface area contributed by atoms with Gasteiger partial charge in [0, 0.05) is 17.7 Å². The molecule has 0 aromatic heterocycles. The maximum atomic E-state index is 12.4. The van der Waals surface area contributed by atoms with Gasteiger partial charge in [-0.2, -0.15) is 0 Å². The van der Waals surface area contributed by atoms with Crippen molar-refractivity contribution < 1.29 is 28.4 Å². The Morgan fingerprint density at radius 1 is 1.06 bits per heavy atom. The minimum Gasteiger partial charge on any atom is -0.496 e. The summed E-state index contributed by atoms with van der Waals surface area (Å²) >= 11 is 0. The van der Waals surface area contributed by atoms with Crippen LogP contribution in [0, 0.1) is 0 Å². The first-order valence-electron chi connectivity index (χ1n) is 10.8. The van der Waals surface area contributed by atoms with Gasteiger partial charge in [0.25, 0.3) is 0 Å². The first kappa shape index (κ1) is 24.5. The molecule has 1 N–H and O–H groups in total. The summed E-state index contributed by atoms with van der Waals surface area (Å²) in [6.07, 6.45) is 2.02. The lowest BCUT2D eigenvalue weighted by atomic mass is 9.77. The Labute approximate surface area is 195 Å². The summed E-state index contributed by atoms with van der Waals surface area (Å²) in [6, 6.07) is 14.6. The normalized spacial score (nSPS) is 16.9. The lowest BCUT2D eigenvalue weighted by Gasteiger charge is -2.32. The lowest BCUT2D eigenvalue weighted by molar-refractivity contribution is 0.00578. The summed E-state index contributed by atoms with van der Waals surface area (Å²) in [5.41, 5.74) is 1.62. The van der Waals surface area contributed by atoms with Crippen LogP contribution < -0.4 is 10.1 Å². The minimum absolute atomic E-state index is 0.124. The SMILES string of the molecule is COc1ccc(C=O)cc1C=C(CNC(=O)OCc1ccccc1)B1OC(C)(C)C(C)(C)O1. The Morgan fingerprint density at radius 2 is 1.73 bits per heavy atom. The number of amides is 1. The first-order chi connectivity index (χ1) is 15.6. The Morgan fingerprint density at radius 3 is 2.33 bits per heavy atom. The fraction of sp³-hybridized carbons (Fsp3) is 0.360. The van der Waals surface area contributed by atoms with E-state index in [1.54, 1.807) is 25.3 Å². The number of ether oxygens (including phenoxy) is 2. The van der Waals surface area contributed by atoms with Crippen molar-refractivity contribution >= 4 is 25.6 Å². The number of methoxy groups -OCH3 is 1. The van der Waals surface area contributed by atoms with Gasteiger partial charge in [-0.05, 0) is 56.9 Å². The van der Waals surface area contributed by atoms with Gasteiger partial charge in [-0.25, -0.2) is 4.79 Å². The summed E-state index contributed by atoms with van der Waals surface area (Å²) in [5, 5.41) is 2.77. The van der Waals surface area contributed by atoms with E-state index in [-0.39, 0.29) is 13.2 Å². The highest BCUT2D eigenvalue weighted by Crippen LogP contribution is 2.39. The van der Waals surface area contributed by atoms with Crippen molar-refractivity contribution in [3.63, 3.8) is 0 Å². The van der Waals surface area contributed by atoms with Gasteiger partial charge in [-0.15, -0.1) is 0 Å². The monoisotopic (exact) mass is 451 g/mol. The van der Waals surface area contributed by atoms with Crippen molar-refractivity contribution in [2.45, 2.75) is 45.5 Å². The van der Waals surface area contributed by atoms with E-state index in [1.165, 1.54) is 0 Å². The molecule has 2 aromatic rings. The number of aldehydes is 1. The topological polar surface area (TPSA) is 83.1 Å². The summed E-state index contributed by atoms with van der Waals surface area (Å²) in [4.78, 5) is 23.6. The van der Waals surface area contributed by atoms with Gasteiger partial charge in [0.15, 0.2) is 0 Å². The van der Waals surface area contributed by atoms with Crippen LogP contribution in [0.15, 0.2) is 54.0 Å².